The number of fused-ring (bicyclic) bond motifs is 2. The number of para-hydroxylation sites is 1. The fourth-order valence-corrected chi connectivity index (χ4v) is 5.69. The molecule has 1 saturated heterocycles. The SMILES string of the molecule is c1ccc(CN2CCCC3(c4ccccc4)Sc4ccccc4N=C23)cc1. The lowest BCUT2D eigenvalue weighted by atomic mass is 9.87. The zero-order chi connectivity index (χ0) is 18.1. The number of nitrogens with zero attached hydrogens (tertiary/aromatic N) is 2. The molecule has 2 nitrogen and oxygen atoms in total. The highest BCUT2D eigenvalue weighted by Gasteiger charge is 2.46. The van der Waals surface area contributed by atoms with Crippen molar-refractivity contribution in [3.63, 3.8) is 0 Å². The van der Waals surface area contributed by atoms with Gasteiger partial charge in [-0.3, -0.25) is 0 Å². The molecule has 0 aliphatic carbocycles. The van der Waals surface area contributed by atoms with Gasteiger partial charge in [-0.1, -0.05) is 72.8 Å². The minimum Gasteiger partial charge on any atom is -0.354 e. The summed E-state index contributed by atoms with van der Waals surface area (Å²) in [6.45, 7) is 1.97. The van der Waals surface area contributed by atoms with Crippen molar-refractivity contribution in [2.24, 2.45) is 4.99 Å². The van der Waals surface area contributed by atoms with Crippen LogP contribution >= 0.6 is 11.8 Å². The number of piperidine rings is 1. The number of amidine groups is 1. The van der Waals surface area contributed by atoms with E-state index in [1.807, 2.05) is 11.8 Å². The third kappa shape index (κ3) is 2.96. The van der Waals surface area contributed by atoms with E-state index in [0.717, 1.165) is 25.2 Å². The van der Waals surface area contributed by atoms with Crippen LogP contribution in [0.3, 0.4) is 0 Å². The van der Waals surface area contributed by atoms with E-state index in [2.05, 4.69) is 89.8 Å². The number of likely N-dealkylation sites (tertiary alicyclic amines) is 1. The van der Waals surface area contributed by atoms with Crippen molar-refractivity contribution in [1.82, 2.24) is 4.90 Å². The van der Waals surface area contributed by atoms with Gasteiger partial charge in [0.2, 0.25) is 0 Å². The normalized spacial score (nSPS) is 21.2. The Morgan fingerprint density at radius 3 is 2.37 bits per heavy atom. The van der Waals surface area contributed by atoms with Crippen molar-refractivity contribution in [3.8, 4) is 0 Å². The number of aliphatic imine (C=N–C) groups is 1. The topological polar surface area (TPSA) is 15.6 Å². The molecular formula is C24H22N2S. The Bertz CT molecular complexity index is 968. The van der Waals surface area contributed by atoms with Gasteiger partial charge in [-0.15, -0.1) is 11.8 Å². The molecule has 1 unspecified atom stereocenters. The number of benzene rings is 3. The first-order valence-electron chi connectivity index (χ1n) is 9.57. The smallest absolute Gasteiger partial charge is 0.126 e. The first-order chi connectivity index (χ1) is 13.4. The van der Waals surface area contributed by atoms with E-state index < -0.39 is 0 Å². The summed E-state index contributed by atoms with van der Waals surface area (Å²) in [5.41, 5.74) is 3.80. The Balaban J connectivity index is 1.63. The quantitative estimate of drug-likeness (QED) is 0.561. The van der Waals surface area contributed by atoms with Crippen LogP contribution in [0, 0.1) is 0 Å². The summed E-state index contributed by atoms with van der Waals surface area (Å²) in [5, 5.41) is 0. The third-order valence-corrected chi connectivity index (χ3v) is 6.99. The van der Waals surface area contributed by atoms with E-state index in [-0.39, 0.29) is 4.75 Å². The lowest BCUT2D eigenvalue weighted by molar-refractivity contribution is 0.338. The second-order valence-electron chi connectivity index (χ2n) is 7.21. The van der Waals surface area contributed by atoms with Crippen LogP contribution in [0.5, 0.6) is 0 Å². The van der Waals surface area contributed by atoms with Crippen molar-refractivity contribution < 1.29 is 0 Å². The van der Waals surface area contributed by atoms with Crippen LogP contribution in [-0.2, 0) is 11.3 Å². The summed E-state index contributed by atoms with van der Waals surface area (Å²) in [6, 6.07) is 30.2. The summed E-state index contributed by atoms with van der Waals surface area (Å²) < 4.78 is -0.0946. The third-order valence-electron chi connectivity index (χ3n) is 5.45. The van der Waals surface area contributed by atoms with Crippen LogP contribution in [0.1, 0.15) is 24.0 Å². The molecule has 27 heavy (non-hydrogen) atoms. The van der Waals surface area contributed by atoms with E-state index in [4.69, 9.17) is 4.99 Å². The van der Waals surface area contributed by atoms with Gasteiger partial charge in [-0.2, -0.15) is 0 Å². The average Bonchev–Trinajstić information content (AvgIpc) is 2.74. The van der Waals surface area contributed by atoms with Gasteiger partial charge in [0.05, 0.1) is 5.69 Å². The maximum absolute atomic E-state index is 5.22. The maximum Gasteiger partial charge on any atom is 0.126 e. The highest BCUT2D eigenvalue weighted by molar-refractivity contribution is 8.01. The Morgan fingerprint density at radius 2 is 1.56 bits per heavy atom. The molecule has 2 aliphatic rings. The molecule has 0 bridgehead atoms. The van der Waals surface area contributed by atoms with Gasteiger partial charge >= 0.3 is 0 Å². The number of hydrogen-bond donors (Lipinski definition) is 0. The van der Waals surface area contributed by atoms with Crippen molar-refractivity contribution >= 4 is 23.3 Å². The lowest BCUT2D eigenvalue weighted by Gasteiger charge is -2.46. The molecule has 2 heterocycles. The van der Waals surface area contributed by atoms with E-state index in [9.17, 15) is 0 Å². The van der Waals surface area contributed by atoms with Crippen LogP contribution in [0.4, 0.5) is 5.69 Å². The van der Waals surface area contributed by atoms with E-state index in [1.165, 1.54) is 28.3 Å². The van der Waals surface area contributed by atoms with Gasteiger partial charge in [0.15, 0.2) is 0 Å². The van der Waals surface area contributed by atoms with Gasteiger partial charge in [-0.25, -0.2) is 4.99 Å². The highest BCUT2D eigenvalue weighted by Crippen LogP contribution is 2.54. The highest BCUT2D eigenvalue weighted by atomic mass is 32.2. The van der Waals surface area contributed by atoms with E-state index >= 15 is 0 Å². The minimum absolute atomic E-state index is 0.0946. The van der Waals surface area contributed by atoms with Crippen molar-refractivity contribution in [2.75, 3.05) is 6.54 Å². The van der Waals surface area contributed by atoms with Crippen molar-refractivity contribution in [2.45, 2.75) is 29.0 Å². The van der Waals surface area contributed by atoms with Gasteiger partial charge in [0.25, 0.3) is 0 Å². The molecule has 0 amide bonds. The van der Waals surface area contributed by atoms with Crippen LogP contribution in [0.25, 0.3) is 0 Å². The summed E-state index contributed by atoms with van der Waals surface area (Å²) in [6.07, 6.45) is 2.30. The number of thioether (sulfide) groups is 1. The molecule has 1 fully saturated rings. The molecule has 3 heteroatoms. The number of rotatable bonds is 3. The average molecular weight is 371 g/mol. The summed E-state index contributed by atoms with van der Waals surface area (Å²) in [5.74, 6) is 1.22. The van der Waals surface area contributed by atoms with Crippen molar-refractivity contribution in [1.29, 1.82) is 0 Å². The van der Waals surface area contributed by atoms with E-state index in [1.54, 1.807) is 0 Å². The lowest BCUT2D eigenvalue weighted by Crippen LogP contribution is -2.50. The standard InChI is InChI=1S/C24H22N2S/c1-3-10-19(11-4-1)18-26-17-9-16-24(20-12-5-2-6-13-20)23(26)25-21-14-7-8-15-22(21)27-24/h1-8,10-15H,9,16-18H2. The molecule has 0 N–H and O–H groups in total. The van der Waals surface area contributed by atoms with Gasteiger partial charge in [-0.05, 0) is 36.1 Å². The Labute approximate surface area is 165 Å². The van der Waals surface area contributed by atoms with E-state index in [0.29, 0.717) is 0 Å². The minimum atomic E-state index is -0.0946. The molecule has 0 aromatic heterocycles. The molecule has 0 radical (unpaired) electrons. The molecule has 0 spiro atoms. The molecule has 5 rings (SSSR count). The Morgan fingerprint density at radius 1 is 0.852 bits per heavy atom. The summed E-state index contributed by atoms with van der Waals surface area (Å²) in [4.78, 5) is 8.99. The maximum atomic E-state index is 5.22. The fourth-order valence-electron chi connectivity index (χ4n) is 4.18. The predicted octanol–water partition coefficient (Wildman–Crippen LogP) is 6.01. The predicted molar refractivity (Wildman–Crippen MR) is 114 cm³/mol. The first kappa shape index (κ1) is 16.6. The Kier molecular flexibility index (Phi) is 4.25. The molecule has 134 valence electrons. The largest absolute Gasteiger partial charge is 0.354 e. The zero-order valence-corrected chi connectivity index (χ0v) is 16.0. The first-order valence-corrected chi connectivity index (χ1v) is 10.4. The zero-order valence-electron chi connectivity index (χ0n) is 15.2. The summed E-state index contributed by atoms with van der Waals surface area (Å²) >= 11 is 1.98. The van der Waals surface area contributed by atoms with Crippen LogP contribution in [0.2, 0.25) is 0 Å². The van der Waals surface area contributed by atoms with Crippen molar-refractivity contribution in [3.05, 3.63) is 96.1 Å². The molecule has 1 atom stereocenters. The molecule has 3 aromatic carbocycles. The molecule has 0 saturated carbocycles. The second kappa shape index (κ2) is 6.90. The van der Waals surface area contributed by atoms with Gasteiger partial charge in [0, 0.05) is 18.0 Å². The van der Waals surface area contributed by atoms with Gasteiger partial charge < -0.3 is 4.90 Å². The fraction of sp³-hybridized carbons (Fsp3) is 0.208. The van der Waals surface area contributed by atoms with Crippen LogP contribution < -0.4 is 0 Å². The number of hydrogen-bond acceptors (Lipinski definition) is 3. The summed E-state index contributed by atoms with van der Waals surface area (Å²) in [7, 11) is 0. The van der Waals surface area contributed by atoms with Gasteiger partial charge in [0.1, 0.15) is 10.6 Å². The molecular weight excluding hydrogens is 348 g/mol. The second-order valence-corrected chi connectivity index (χ2v) is 8.55. The van der Waals surface area contributed by atoms with Crippen LogP contribution in [-0.4, -0.2) is 17.3 Å². The van der Waals surface area contributed by atoms with Crippen LogP contribution in [0.15, 0.2) is 94.8 Å². The molecule has 3 aromatic rings. The Hall–Kier alpha value is -2.52. The monoisotopic (exact) mass is 370 g/mol. The molecule has 2 aliphatic heterocycles.